The van der Waals surface area contributed by atoms with E-state index in [2.05, 4.69) is 19.2 Å². The van der Waals surface area contributed by atoms with Gasteiger partial charge in [-0.15, -0.1) is 0 Å². The predicted molar refractivity (Wildman–Crippen MR) is 76.4 cm³/mol. The Bertz CT molecular complexity index is 502. The highest BCUT2D eigenvalue weighted by molar-refractivity contribution is 5.31. The Morgan fingerprint density at radius 2 is 1.75 bits per heavy atom. The molecule has 20 heavy (non-hydrogen) atoms. The number of hydrogen-bond acceptors (Lipinski definition) is 1. The molecule has 1 aromatic rings. The van der Waals surface area contributed by atoms with Gasteiger partial charge in [0.25, 0.3) is 0 Å². The quantitative estimate of drug-likeness (QED) is 0.863. The molecular weight excluding hydrogens is 256 g/mol. The van der Waals surface area contributed by atoms with Crippen molar-refractivity contribution in [2.24, 2.45) is 17.8 Å². The van der Waals surface area contributed by atoms with Crippen LogP contribution in [0.3, 0.4) is 0 Å². The van der Waals surface area contributed by atoms with Crippen LogP contribution in [0, 0.1) is 36.3 Å². The second-order valence-electron chi connectivity index (χ2n) is 6.76. The van der Waals surface area contributed by atoms with Crippen molar-refractivity contribution >= 4 is 0 Å². The molecule has 3 atom stereocenters. The Labute approximate surface area is 119 Å². The van der Waals surface area contributed by atoms with Crippen LogP contribution in [-0.4, -0.2) is 6.04 Å². The van der Waals surface area contributed by atoms with Gasteiger partial charge in [-0.25, -0.2) is 8.78 Å². The van der Waals surface area contributed by atoms with Crippen molar-refractivity contribution in [3.8, 4) is 0 Å². The Morgan fingerprint density at radius 3 is 2.35 bits per heavy atom. The number of aryl methyl sites for hydroxylation is 1. The normalized spacial score (nSPS) is 29.6. The van der Waals surface area contributed by atoms with Gasteiger partial charge < -0.3 is 5.32 Å². The number of rotatable bonds is 4. The fourth-order valence-corrected chi connectivity index (χ4v) is 4.06. The number of nitrogens with one attached hydrogen (secondary N) is 1. The Kier molecular flexibility index (Phi) is 3.57. The van der Waals surface area contributed by atoms with Crippen LogP contribution in [0.15, 0.2) is 12.1 Å². The molecule has 2 saturated carbocycles. The fraction of sp³-hybridized carbons (Fsp3) is 0.647. The van der Waals surface area contributed by atoms with Crippen molar-refractivity contribution in [2.45, 2.75) is 52.1 Å². The van der Waals surface area contributed by atoms with E-state index >= 15 is 0 Å². The van der Waals surface area contributed by atoms with Crippen molar-refractivity contribution in [1.29, 1.82) is 0 Å². The Hall–Kier alpha value is -0.960. The van der Waals surface area contributed by atoms with Crippen LogP contribution in [0.25, 0.3) is 0 Å². The number of benzene rings is 1. The largest absolute Gasteiger partial charge is 0.307 e. The molecule has 0 aliphatic heterocycles. The molecule has 0 saturated heterocycles. The molecule has 2 aliphatic rings. The SMILES string of the molecule is Cc1cc(C(NC(C)C)C2C3CCCC32)c(F)cc1F. The van der Waals surface area contributed by atoms with Crippen molar-refractivity contribution in [3.05, 3.63) is 34.9 Å². The molecule has 0 radical (unpaired) electrons. The molecule has 0 heterocycles. The topological polar surface area (TPSA) is 12.0 Å². The summed E-state index contributed by atoms with van der Waals surface area (Å²) in [7, 11) is 0. The lowest BCUT2D eigenvalue weighted by molar-refractivity contribution is 0.375. The van der Waals surface area contributed by atoms with Gasteiger partial charge in [0.1, 0.15) is 11.6 Å². The van der Waals surface area contributed by atoms with Gasteiger partial charge in [-0.2, -0.15) is 0 Å². The van der Waals surface area contributed by atoms with E-state index in [0.717, 1.165) is 17.9 Å². The lowest BCUT2D eigenvalue weighted by Gasteiger charge is -2.24. The first kappa shape index (κ1) is 14.0. The van der Waals surface area contributed by atoms with Gasteiger partial charge in [0.15, 0.2) is 0 Å². The minimum absolute atomic E-state index is 0.0320. The van der Waals surface area contributed by atoms with Crippen LogP contribution < -0.4 is 5.32 Å². The summed E-state index contributed by atoms with van der Waals surface area (Å²) >= 11 is 0. The zero-order valence-electron chi connectivity index (χ0n) is 12.4. The lowest BCUT2D eigenvalue weighted by atomic mass is 9.94. The summed E-state index contributed by atoms with van der Waals surface area (Å²) in [5.74, 6) is 1.17. The van der Waals surface area contributed by atoms with E-state index in [1.807, 2.05) is 0 Å². The summed E-state index contributed by atoms with van der Waals surface area (Å²) in [4.78, 5) is 0. The average Bonchev–Trinajstić information content (AvgIpc) is 2.83. The molecule has 0 spiro atoms. The van der Waals surface area contributed by atoms with Crippen molar-refractivity contribution < 1.29 is 8.78 Å². The minimum atomic E-state index is -0.453. The maximum absolute atomic E-state index is 14.2. The van der Waals surface area contributed by atoms with Crippen molar-refractivity contribution in [3.63, 3.8) is 0 Å². The van der Waals surface area contributed by atoms with Gasteiger partial charge in [0.2, 0.25) is 0 Å². The first-order valence-corrected chi connectivity index (χ1v) is 7.70. The Morgan fingerprint density at radius 1 is 1.10 bits per heavy atom. The smallest absolute Gasteiger partial charge is 0.130 e. The van der Waals surface area contributed by atoms with E-state index in [4.69, 9.17) is 0 Å². The predicted octanol–water partition coefficient (Wildman–Crippen LogP) is 4.36. The summed E-state index contributed by atoms with van der Waals surface area (Å²) in [5, 5.41) is 3.51. The van der Waals surface area contributed by atoms with E-state index in [-0.39, 0.29) is 6.04 Å². The molecule has 2 aliphatic carbocycles. The van der Waals surface area contributed by atoms with Gasteiger partial charge in [-0.1, -0.05) is 20.3 Å². The molecule has 1 N–H and O–H groups in total. The van der Waals surface area contributed by atoms with E-state index < -0.39 is 11.6 Å². The molecule has 0 amide bonds. The van der Waals surface area contributed by atoms with Gasteiger partial charge >= 0.3 is 0 Å². The highest BCUT2D eigenvalue weighted by Gasteiger charge is 2.56. The molecule has 1 aromatic carbocycles. The summed E-state index contributed by atoms with van der Waals surface area (Å²) < 4.78 is 27.7. The van der Waals surface area contributed by atoms with Crippen LogP contribution in [0.5, 0.6) is 0 Å². The van der Waals surface area contributed by atoms with Gasteiger partial charge in [0, 0.05) is 23.7 Å². The third-order valence-electron chi connectivity index (χ3n) is 4.98. The number of halogens is 2. The van der Waals surface area contributed by atoms with Crippen LogP contribution >= 0.6 is 0 Å². The fourth-order valence-electron chi connectivity index (χ4n) is 4.06. The monoisotopic (exact) mass is 279 g/mol. The van der Waals surface area contributed by atoms with Crippen LogP contribution in [0.1, 0.15) is 50.3 Å². The highest BCUT2D eigenvalue weighted by atomic mass is 19.1. The van der Waals surface area contributed by atoms with E-state index in [1.54, 1.807) is 13.0 Å². The minimum Gasteiger partial charge on any atom is -0.307 e. The zero-order chi connectivity index (χ0) is 14.4. The maximum Gasteiger partial charge on any atom is 0.130 e. The second kappa shape index (κ2) is 5.10. The van der Waals surface area contributed by atoms with Crippen molar-refractivity contribution in [1.82, 2.24) is 5.32 Å². The van der Waals surface area contributed by atoms with Gasteiger partial charge in [-0.05, 0) is 49.1 Å². The molecule has 3 rings (SSSR count). The maximum atomic E-state index is 14.2. The third kappa shape index (κ3) is 2.37. The molecule has 1 nitrogen and oxygen atoms in total. The second-order valence-corrected chi connectivity index (χ2v) is 6.76. The van der Waals surface area contributed by atoms with Crippen molar-refractivity contribution in [2.75, 3.05) is 0 Å². The molecular formula is C17H23F2N. The molecule has 0 bridgehead atoms. The summed E-state index contributed by atoms with van der Waals surface area (Å²) in [6.45, 7) is 5.87. The summed E-state index contributed by atoms with van der Waals surface area (Å²) in [6, 6.07) is 3.06. The standard InChI is InChI=1S/C17H23F2N/c1-9(2)20-17(16-11-5-4-6-12(11)16)13-7-10(3)14(18)8-15(13)19/h7-9,11-12,16-17,20H,4-6H2,1-3H3. The molecule has 3 unspecified atom stereocenters. The van der Waals surface area contributed by atoms with Crippen LogP contribution in [-0.2, 0) is 0 Å². The third-order valence-corrected chi connectivity index (χ3v) is 4.98. The van der Waals surface area contributed by atoms with Gasteiger partial charge in [0.05, 0.1) is 0 Å². The van der Waals surface area contributed by atoms with E-state index in [1.165, 1.54) is 19.3 Å². The highest BCUT2D eigenvalue weighted by Crippen LogP contribution is 2.62. The summed E-state index contributed by atoms with van der Waals surface area (Å²) in [5.41, 5.74) is 1.18. The molecule has 2 fully saturated rings. The van der Waals surface area contributed by atoms with E-state index in [0.29, 0.717) is 23.1 Å². The first-order valence-electron chi connectivity index (χ1n) is 7.70. The Balaban J connectivity index is 1.91. The molecule has 3 heteroatoms. The lowest BCUT2D eigenvalue weighted by Crippen LogP contribution is -2.31. The first-order chi connectivity index (χ1) is 9.49. The van der Waals surface area contributed by atoms with E-state index in [9.17, 15) is 8.78 Å². The number of fused-ring (bicyclic) bond motifs is 1. The zero-order valence-corrected chi connectivity index (χ0v) is 12.4. The van der Waals surface area contributed by atoms with Crippen LogP contribution in [0.2, 0.25) is 0 Å². The number of hydrogen-bond donors (Lipinski definition) is 1. The molecule has 0 aromatic heterocycles. The summed E-state index contributed by atoms with van der Waals surface area (Å²) in [6.07, 6.45) is 3.85. The molecule has 110 valence electrons. The van der Waals surface area contributed by atoms with Gasteiger partial charge in [-0.3, -0.25) is 0 Å². The average molecular weight is 279 g/mol. The van der Waals surface area contributed by atoms with Crippen LogP contribution in [0.4, 0.5) is 8.78 Å².